The lowest BCUT2D eigenvalue weighted by Gasteiger charge is -2.44. The molecule has 0 aliphatic carbocycles. The number of hydrogen-bond acceptors (Lipinski definition) is 6. The molecule has 0 atom stereocenters. The van der Waals surface area contributed by atoms with E-state index in [2.05, 4.69) is 45.9 Å². The van der Waals surface area contributed by atoms with Crippen LogP contribution in [-0.4, -0.2) is 65.5 Å². The quantitative estimate of drug-likeness (QED) is 0.604. The monoisotopic (exact) mass is 487 g/mol. The molecule has 2 saturated heterocycles. The molecular formula is C23H29N5O3S2. The minimum absolute atomic E-state index is 0.149. The highest BCUT2D eigenvalue weighted by atomic mass is 32.2. The van der Waals surface area contributed by atoms with Gasteiger partial charge in [0.15, 0.2) is 5.82 Å². The third-order valence-corrected chi connectivity index (χ3v) is 8.52. The average Bonchev–Trinajstić information content (AvgIpc) is 3.46. The number of hydrogen-bond donors (Lipinski definition) is 1. The van der Waals surface area contributed by atoms with Crippen molar-refractivity contribution in [3.63, 3.8) is 0 Å². The summed E-state index contributed by atoms with van der Waals surface area (Å²) in [4.78, 5) is 18.8. The lowest BCUT2D eigenvalue weighted by Crippen LogP contribution is -2.53. The van der Waals surface area contributed by atoms with Crippen molar-refractivity contribution >= 4 is 43.3 Å². The van der Waals surface area contributed by atoms with Gasteiger partial charge in [-0.1, -0.05) is 12.1 Å². The second-order valence-corrected chi connectivity index (χ2v) is 12.2. The van der Waals surface area contributed by atoms with E-state index in [1.54, 1.807) is 0 Å². The van der Waals surface area contributed by atoms with Crippen molar-refractivity contribution in [1.82, 2.24) is 19.6 Å². The number of nitrogens with zero attached hydrogens (tertiary/aromatic N) is 4. The number of anilines is 1. The van der Waals surface area contributed by atoms with Crippen molar-refractivity contribution in [3.05, 3.63) is 47.0 Å². The molecule has 1 N–H and O–H groups in total. The number of benzene rings is 1. The Morgan fingerprint density at radius 1 is 1.15 bits per heavy atom. The standard InChI is InChI=1S/C23H29N5O3S2/c1-17-4-5-18-15-19(32-20(18)14-17)16-27-10-3-7-23(27)8-12-26(13-9-23)22(29)28-11-6-21(24-28)25-33(2,30)31/h4-6,11,14-15H,3,7-10,12-13,16H2,1-2H3,(H,24,25). The van der Waals surface area contributed by atoms with Crippen LogP contribution in [0, 0.1) is 6.92 Å². The van der Waals surface area contributed by atoms with Crippen molar-refractivity contribution in [2.45, 2.75) is 44.7 Å². The van der Waals surface area contributed by atoms with Crippen LogP contribution in [-0.2, 0) is 16.6 Å². The fraction of sp³-hybridized carbons (Fsp3) is 0.478. The Kier molecular flexibility index (Phi) is 5.70. The molecule has 1 spiro atoms. The van der Waals surface area contributed by atoms with E-state index in [-0.39, 0.29) is 17.4 Å². The number of fused-ring (bicyclic) bond motifs is 1. The van der Waals surface area contributed by atoms with Gasteiger partial charge >= 0.3 is 6.03 Å². The molecule has 2 aromatic heterocycles. The number of piperidine rings is 1. The summed E-state index contributed by atoms with van der Waals surface area (Å²) in [6.45, 7) is 5.55. The molecule has 2 fully saturated rings. The predicted octanol–water partition coefficient (Wildman–Crippen LogP) is 3.88. The number of amides is 1. The molecule has 0 saturated carbocycles. The number of rotatable bonds is 4. The molecule has 2 aliphatic rings. The first-order valence-corrected chi connectivity index (χ1v) is 14.0. The van der Waals surface area contributed by atoms with E-state index >= 15 is 0 Å². The number of aromatic nitrogens is 2. The lowest BCUT2D eigenvalue weighted by atomic mass is 9.85. The van der Waals surface area contributed by atoms with Gasteiger partial charge in [-0.15, -0.1) is 16.4 Å². The van der Waals surface area contributed by atoms with Gasteiger partial charge in [0.1, 0.15) is 0 Å². The zero-order chi connectivity index (χ0) is 23.2. The largest absolute Gasteiger partial charge is 0.344 e. The summed E-state index contributed by atoms with van der Waals surface area (Å²) in [6.07, 6.45) is 6.81. The minimum atomic E-state index is -3.43. The zero-order valence-corrected chi connectivity index (χ0v) is 20.6. The first kappa shape index (κ1) is 22.4. The molecule has 1 amide bonds. The molecule has 3 aromatic rings. The number of thiophene rings is 1. The molecule has 5 rings (SSSR count). The fourth-order valence-corrected chi connectivity index (χ4v) is 6.87. The summed E-state index contributed by atoms with van der Waals surface area (Å²) in [5.74, 6) is 0.153. The maximum Gasteiger partial charge on any atom is 0.344 e. The zero-order valence-electron chi connectivity index (χ0n) is 19.0. The predicted molar refractivity (Wildman–Crippen MR) is 131 cm³/mol. The van der Waals surface area contributed by atoms with Crippen molar-refractivity contribution in [2.24, 2.45) is 0 Å². The maximum atomic E-state index is 12.9. The third-order valence-electron chi connectivity index (χ3n) is 6.85. The van der Waals surface area contributed by atoms with E-state index in [0.29, 0.717) is 13.1 Å². The van der Waals surface area contributed by atoms with Crippen LogP contribution in [0.2, 0.25) is 0 Å². The van der Waals surface area contributed by atoms with Crippen molar-refractivity contribution in [1.29, 1.82) is 0 Å². The Hall–Kier alpha value is -2.43. The normalized spacial score (nSPS) is 18.9. The Morgan fingerprint density at radius 3 is 2.70 bits per heavy atom. The molecule has 0 unspecified atom stereocenters. The van der Waals surface area contributed by atoms with Crippen LogP contribution in [0.25, 0.3) is 10.1 Å². The first-order valence-electron chi connectivity index (χ1n) is 11.3. The molecule has 4 heterocycles. The molecule has 176 valence electrons. The highest BCUT2D eigenvalue weighted by molar-refractivity contribution is 7.92. The van der Waals surface area contributed by atoms with E-state index in [1.165, 1.54) is 50.3 Å². The number of nitrogens with one attached hydrogen (secondary N) is 1. The van der Waals surface area contributed by atoms with Gasteiger partial charge < -0.3 is 4.90 Å². The number of sulfonamides is 1. The van der Waals surface area contributed by atoms with Gasteiger partial charge in [-0.2, -0.15) is 4.68 Å². The summed E-state index contributed by atoms with van der Waals surface area (Å²) in [7, 11) is -3.43. The highest BCUT2D eigenvalue weighted by Gasteiger charge is 2.44. The molecule has 2 aliphatic heterocycles. The van der Waals surface area contributed by atoms with Gasteiger partial charge in [0, 0.05) is 47.0 Å². The number of aryl methyl sites for hydroxylation is 1. The summed E-state index contributed by atoms with van der Waals surface area (Å²) >= 11 is 1.89. The first-order chi connectivity index (χ1) is 15.7. The van der Waals surface area contributed by atoms with Crippen LogP contribution in [0.5, 0.6) is 0 Å². The van der Waals surface area contributed by atoms with Crippen LogP contribution in [0.4, 0.5) is 10.6 Å². The average molecular weight is 488 g/mol. The molecule has 33 heavy (non-hydrogen) atoms. The van der Waals surface area contributed by atoms with Gasteiger partial charge in [-0.3, -0.25) is 9.62 Å². The van der Waals surface area contributed by atoms with Crippen molar-refractivity contribution in [3.8, 4) is 0 Å². The van der Waals surface area contributed by atoms with Gasteiger partial charge in [-0.25, -0.2) is 13.2 Å². The van der Waals surface area contributed by atoms with Gasteiger partial charge in [-0.05, 0) is 62.2 Å². The smallest absolute Gasteiger partial charge is 0.323 e. The van der Waals surface area contributed by atoms with Gasteiger partial charge in [0.25, 0.3) is 0 Å². The molecular weight excluding hydrogens is 458 g/mol. The third kappa shape index (κ3) is 4.64. The van der Waals surface area contributed by atoms with Gasteiger partial charge in [0.2, 0.25) is 10.0 Å². The van der Waals surface area contributed by atoms with Crippen molar-refractivity contribution < 1.29 is 13.2 Å². The van der Waals surface area contributed by atoms with Crippen LogP contribution in [0.3, 0.4) is 0 Å². The summed E-state index contributed by atoms with van der Waals surface area (Å²) in [5, 5.41) is 5.40. The Balaban J connectivity index is 1.24. The number of carbonyl (C=O) groups excluding carboxylic acids is 1. The van der Waals surface area contributed by atoms with Crippen molar-refractivity contribution in [2.75, 3.05) is 30.6 Å². The molecule has 10 heteroatoms. The number of carbonyl (C=O) groups is 1. The van der Waals surface area contributed by atoms with E-state index in [1.807, 2.05) is 16.2 Å². The molecule has 8 nitrogen and oxygen atoms in total. The lowest BCUT2D eigenvalue weighted by molar-refractivity contribution is 0.0592. The SMILES string of the molecule is Cc1ccc2cc(CN3CCCC34CCN(C(=O)n3ccc(NS(C)(=O)=O)n3)CC4)sc2c1. The molecule has 1 aromatic carbocycles. The van der Waals surface area contributed by atoms with Gasteiger partial charge in [0.05, 0.1) is 6.26 Å². The summed E-state index contributed by atoms with van der Waals surface area (Å²) in [6, 6.07) is 10.2. The fourth-order valence-electron chi connectivity index (χ4n) is 5.20. The summed E-state index contributed by atoms with van der Waals surface area (Å²) < 4.78 is 27.7. The van der Waals surface area contributed by atoms with Crippen LogP contribution in [0.15, 0.2) is 36.5 Å². The van der Waals surface area contributed by atoms with Crippen LogP contribution in [0.1, 0.15) is 36.1 Å². The summed E-state index contributed by atoms with van der Waals surface area (Å²) in [5.41, 5.74) is 1.44. The van der Waals surface area contributed by atoms with Crippen LogP contribution < -0.4 is 4.72 Å². The molecule has 0 bridgehead atoms. The minimum Gasteiger partial charge on any atom is -0.323 e. The Morgan fingerprint density at radius 2 is 1.94 bits per heavy atom. The second-order valence-electron chi connectivity index (χ2n) is 9.29. The van der Waals surface area contributed by atoms with E-state index in [0.717, 1.165) is 32.2 Å². The van der Waals surface area contributed by atoms with E-state index < -0.39 is 10.0 Å². The molecule has 0 radical (unpaired) electrons. The van der Waals surface area contributed by atoms with Crippen LogP contribution >= 0.6 is 11.3 Å². The maximum absolute atomic E-state index is 12.9. The topological polar surface area (TPSA) is 87.5 Å². The van der Waals surface area contributed by atoms with E-state index in [9.17, 15) is 13.2 Å². The highest BCUT2D eigenvalue weighted by Crippen LogP contribution is 2.40. The van der Waals surface area contributed by atoms with E-state index in [4.69, 9.17) is 0 Å². The Labute approximate surface area is 198 Å². The number of likely N-dealkylation sites (tertiary alicyclic amines) is 2. The second kappa shape index (κ2) is 8.41. The Bertz CT molecular complexity index is 1290.